The molecule has 20 heavy (non-hydrogen) atoms. The van der Waals surface area contributed by atoms with Crippen LogP contribution in [0.15, 0.2) is 36.7 Å². The minimum absolute atomic E-state index is 0.434. The van der Waals surface area contributed by atoms with Crippen LogP contribution in [0.4, 0.5) is 0 Å². The summed E-state index contributed by atoms with van der Waals surface area (Å²) in [5.41, 5.74) is 3.40. The van der Waals surface area contributed by atoms with Gasteiger partial charge in [-0.25, -0.2) is 0 Å². The van der Waals surface area contributed by atoms with Gasteiger partial charge < -0.3 is 10.1 Å². The van der Waals surface area contributed by atoms with Crippen LogP contribution in [0.1, 0.15) is 30.5 Å². The van der Waals surface area contributed by atoms with E-state index in [0.29, 0.717) is 6.04 Å². The van der Waals surface area contributed by atoms with Crippen molar-refractivity contribution in [2.24, 2.45) is 0 Å². The topological polar surface area (TPSA) is 34.1 Å². The Labute approximate surface area is 121 Å². The van der Waals surface area contributed by atoms with Crippen LogP contribution < -0.4 is 10.1 Å². The molecule has 0 saturated heterocycles. The molecule has 3 nitrogen and oxygen atoms in total. The lowest BCUT2D eigenvalue weighted by atomic mass is 10.1. The average Bonchev–Trinajstić information content (AvgIpc) is 2.42. The minimum Gasteiger partial charge on any atom is -0.457 e. The highest BCUT2D eigenvalue weighted by molar-refractivity contribution is 5.41. The minimum atomic E-state index is 0.434. The molecule has 0 bridgehead atoms. The monoisotopic (exact) mass is 270 g/mol. The molecule has 2 rings (SSSR count). The summed E-state index contributed by atoms with van der Waals surface area (Å²) in [4.78, 5) is 4.18. The van der Waals surface area contributed by atoms with Gasteiger partial charge in [-0.2, -0.15) is 0 Å². The lowest BCUT2D eigenvalue weighted by molar-refractivity contribution is 0.464. The van der Waals surface area contributed by atoms with Gasteiger partial charge >= 0.3 is 0 Å². The molecule has 0 unspecified atom stereocenters. The highest BCUT2D eigenvalue weighted by atomic mass is 16.5. The second-order valence-corrected chi connectivity index (χ2v) is 5.39. The first kappa shape index (κ1) is 14.5. The van der Waals surface area contributed by atoms with Gasteiger partial charge in [0.25, 0.3) is 0 Å². The fourth-order valence-corrected chi connectivity index (χ4v) is 1.90. The Morgan fingerprint density at radius 1 is 1.15 bits per heavy atom. The van der Waals surface area contributed by atoms with Gasteiger partial charge in [0.2, 0.25) is 0 Å². The van der Waals surface area contributed by atoms with Crippen molar-refractivity contribution in [1.82, 2.24) is 10.3 Å². The molecular weight excluding hydrogens is 248 g/mol. The Balaban J connectivity index is 2.22. The first-order chi connectivity index (χ1) is 9.56. The van der Waals surface area contributed by atoms with Crippen LogP contribution in [0.2, 0.25) is 0 Å². The van der Waals surface area contributed by atoms with E-state index >= 15 is 0 Å². The Kier molecular flexibility index (Phi) is 4.74. The summed E-state index contributed by atoms with van der Waals surface area (Å²) in [6.07, 6.45) is 3.62. The molecule has 0 aliphatic rings. The summed E-state index contributed by atoms with van der Waals surface area (Å²) in [5, 5.41) is 3.39. The zero-order valence-corrected chi connectivity index (χ0v) is 12.6. The summed E-state index contributed by atoms with van der Waals surface area (Å²) < 4.78 is 6.07. The average molecular weight is 270 g/mol. The van der Waals surface area contributed by atoms with E-state index in [0.717, 1.165) is 29.2 Å². The van der Waals surface area contributed by atoms with Crippen LogP contribution >= 0.6 is 0 Å². The molecule has 0 aliphatic heterocycles. The zero-order valence-electron chi connectivity index (χ0n) is 12.6. The summed E-state index contributed by atoms with van der Waals surface area (Å²) in [7, 11) is 0. The molecule has 1 aromatic carbocycles. The molecule has 1 N–H and O–H groups in total. The second-order valence-electron chi connectivity index (χ2n) is 5.39. The smallest absolute Gasteiger partial charge is 0.135 e. The van der Waals surface area contributed by atoms with Crippen LogP contribution in [0.25, 0.3) is 0 Å². The number of benzene rings is 1. The maximum absolute atomic E-state index is 6.07. The SMILES string of the molecule is Cc1ccc(C)c(Oc2ccncc2CNC(C)C)c1. The second kappa shape index (κ2) is 6.53. The number of nitrogens with one attached hydrogen (secondary N) is 1. The molecular formula is C17H22N2O. The van der Waals surface area contributed by atoms with Crippen LogP contribution in [0, 0.1) is 13.8 Å². The van der Waals surface area contributed by atoms with Gasteiger partial charge in [-0.15, -0.1) is 0 Å². The number of nitrogens with zero attached hydrogens (tertiary/aromatic N) is 1. The van der Waals surface area contributed by atoms with Gasteiger partial charge in [-0.3, -0.25) is 4.98 Å². The summed E-state index contributed by atoms with van der Waals surface area (Å²) in [5.74, 6) is 1.77. The van der Waals surface area contributed by atoms with E-state index < -0.39 is 0 Å². The zero-order chi connectivity index (χ0) is 14.5. The number of rotatable bonds is 5. The Morgan fingerprint density at radius 2 is 1.95 bits per heavy atom. The molecule has 0 amide bonds. The first-order valence-corrected chi connectivity index (χ1v) is 6.97. The number of hydrogen-bond donors (Lipinski definition) is 1. The number of pyridine rings is 1. The third-order valence-electron chi connectivity index (χ3n) is 3.12. The molecule has 2 aromatic rings. The predicted octanol–water partition coefficient (Wildman–Crippen LogP) is 3.99. The first-order valence-electron chi connectivity index (χ1n) is 6.97. The third-order valence-corrected chi connectivity index (χ3v) is 3.12. The summed E-state index contributed by atoms with van der Waals surface area (Å²) in [6.45, 7) is 9.14. The van der Waals surface area contributed by atoms with Crippen molar-refractivity contribution in [3.05, 3.63) is 53.3 Å². The molecule has 106 valence electrons. The fourth-order valence-electron chi connectivity index (χ4n) is 1.90. The highest BCUT2D eigenvalue weighted by Gasteiger charge is 2.07. The molecule has 1 aromatic heterocycles. The molecule has 0 fully saturated rings. The van der Waals surface area contributed by atoms with Crippen LogP contribution in [-0.2, 0) is 6.54 Å². The van der Waals surface area contributed by atoms with E-state index in [4.69, 9.17) is 4.74 Å². The fraction of sp³-hybridized carbons (Fsp3) is 0.353. The highest BCUT2D eigenvalue weighted by Crippen LogP contribution is 2.28. The lowest BCUT2D eigenvalue weighted by Crippen LogP contribution is -2.22. The number of aryl methyl sites for hydroxylation is 2. The third kappa shape index (κ3) is 3.81. The van der Waals surface area contributed by atoms with E-state index in [2.05, 4.69) is 56.2 Å². The largest absolute Gasteiger partial charge is 0.457 e. The van der Waals surface area contributed by atoms with E-state index in [-0.39, 0.29) is 0 Å². The van der Waals surface area contributed by atoms with Gasteiger partial charge in [-0.1, -0.05) is 26.0 Å². The van der Waals surface area contributed by atoms with E-state index in [1.165, 1.54) is 5.56 Å². The molecule has 1 heterocycles. The lowest BCUT2D eigenvalue weighted by Gasteiger charge is -2.14. The molecule has 0 aliphatic carbocycles. The van der Waals surface area contributed by atoms with Crippen molar-refractivity contribution in [3.63, 3.8) is 0 Å². The molecule has 0 atom stereocenters. The number of hydrogen-bond acceptors (Lipinski definition) is 3. The van der Waals surface area contributed by atoms with Gasteiger partial charge in [0.05, 0.1) is 0 Å². The number of ether oxygens (including phenoxy) is 1. The molecule has 0 radical (unpaired) electrons. The van der Waals surface area contributed by atoms with Gasteiger partial charge in [0.1, 0.15) is 11.5 Å². The van der Waals surface area contributed by atoms with Crippen molar-refractivity contribution in [2.75, 3.05) is 0 Å². The van der Waals surface area contributed by atoms with Crippen LogP contribution in [-0.4, -0.2) is 11.0 Å². The predicted molar refractivity (Wildman–Crippen MR) is 82.2 cm³/mol. The van der Waals surface area contributed by atoms with Crippen molar-refractivity contribution in [2.45, 2.75) is 40.3 Å². The van der Waals surface area contributed by atoms with Gasteiger partial charge in [-0.05, 0) is 37.1 Å². The molecule has 0 spiro atoms. The standard InChI is InChI=1S/C17H22N2O/c1-12(2)19-11-15-10-18-8-7-16(15)20-17-9-13(3)5-6-14(17)4/h5-10,12,19H,11H2,1-4H3. The maximum atomic E-state index is 6.07. The quantitative estimate of drug-likeness (QED) is 0.892. The van der Waals surface area contributed by atoms with Gasteiger partial charge in [0.15, 0.2) is 0 Å². The van der Waals surface area contributed by atoms with Crippen molar-refractivity contribution in [1.29, 1.82) is 0 Å². The van der Waals surface area contributed by atoms with Crippen molar-refractivity contribution in [3.8, 4) is 11.5 Å². The van der Waals surface area contributed by atoms with Gasteiger partial charge in [0, 0.05) is 30.5 Å². The summed E-state index contributed by atoms with van der Waals surface area (Å²) in [6, 6.07) is 8.59. The maximum Gasteiger partial charge on any atom is 0.135 e. The molecule has 3 heteroatoms. The number of aromatic nitrogens is 1. The Hall–Kier alpha value is -1.87. The van der Waals surface area contributed by atoms with Crippen LogP contribution in [0.5, 0.6) is 11.5 Å². The summed E-state index contributed by atoms with van der Waals surface area (Å²) >= 11 is 0. The van der Waals surface area contributed by atoms with E-state index in [9.17, 15) is 0 Å². The van der Waals surface area contributed by atoms with Crippen LogP contribution in [0.3, 0.4) is 0 Å². The van der Waals surface area contributed by atoms with E-state index in [1.54, 1.807) is 6.20 Å². The molecule has 0 saturated carbocycles. The Bertz CT molecular complexity index is 579. The van der Waals surface area contributed by atoms with E-state index in [1.807, 2.05) is 12.3 Å². The Morgan fingerprint density at radius 3 is 2.70 bits per heavy atom. The normalized spacial score (nSPS) is 10.8. The van der Waals surface area contributed by atoms with Crippen molar-refractivity contribution < 1.29 is 4.74 Å². The van der Waals surface area contributed by atoms with Crippen molar-refractivity contribution >= 4 is 0 Å².